The molecule has 0 aliphatic rings. The maximum absolute atomic E-state index is 10.1. The number of hydrogen-bond donors (Lipinski definition) is 3. The van der Waals surface area contributed by atoms with Crippen LogP contribution in [-0.4, -0.2) is 28.6 Å². The molecule has 0 rings (SSSR count). The van der Waals surface area contributed by atoms with Crippen molar-refractivity contribution in [2.24, 2.45) is 0 Å². The summed E-state index contributed by atoms with van der Waals surface area (Å²) in [5.41, 5.74) is 0.370. The van der Waals surface area contributed by atoms with Gasteiger partial charge in [0.05, 0.1) is 0 Å². The molecular weight excluding hydrogens is 212 g/mol. The van der Waals surface area contributed by atoms with Gasteiger partial charge in [-0.3, -0.25) is 9.11 Å². The van der Waals surface area contributed by atoms with Crippen molar-refractivity contribution in [1.29, 1.82) is 0 Å². The lowest BCUT2D eigenvalue weighted by molar-refractivity contribution is -0.132. The lowest BCUT2D eigenvalue weighted by atomic mass is 10.2. The van der Waals surface area contributed by atoms with Crippen molar-refractivity contribution in [1.82, 2.24) is 0 Å². The fraction of sp³-hybridized carbons (Fsp3) is 0.286. The van der Waals surface area contributed by atoms with Gasteiger partial charge in [0.25, 0.3) is 0 Å². The van der Waals surface area contributed by atoms with Gasteiger partial charge in [0, 0.05) is 5.57 Å². The van der Waals surface area contributed by atoms with E-state index >= 15 is 0 Å². The van der Waals surface area contributed by atoms with Crippen LogP contribution in [0.2, 0.25) is 0 Å². The zero-order valence-corrected chi connectivity index (χ0v) is 8.36. The first-order valence-corrected chi connectivity index (χ1v) is 4.79. The number of carbonyl (C=O) groups is 1. The zero-order chi connectivity index (χ0) is 11.8. The van der Waals surface area contributed by atoms with Gasteiger partial charge in [0.15, 0.2) is 0 Å². The molecule has 0 atom stereocenters. The maximum atomic E-state index is 10.1. The maximum Gasteiger partial charge on any atom is 0.394 e. The molecule has 7 heteroatoms. The molecule has 0 aromatic rings. The van der Waals surface area contributed by atoms with Crippen molar-refractivity contribution >= 4 is 16.4 Å². The highest BCUT2D eigenvalue weighted by Gasteiger charge is 1.95. The number of allylic oxidation sites excluding steroid dienone is 2. The van der Waals surface area contributed by atoms with Crippen molar-refractivity contribution in [3.63, 3.8) is 0 Å². The second-order valence-electron chi connectivity index (χ2n) is 2.16. The SMILES string of the molecule is C=CCC=C(C)C(=O)O.O=S(=O)(O)O. The summed E-state index contributed by atoms with van der Waals surface area (Å²) in [5.74, 6) is -0.864. The standard InChI is InChI=1S/C7H10O2.H2O4S/c1-3-4-5-6(2)7(8)9;1-5(2,3)4/h3,5H,1,4H2,2H3,(H,8,9);(H2,1,2,3,4). The zero-order valence-electron chi connectivity index (χ0n) is 7.54. The van der Waals surface area contributed by atoms with Crippen LogP contribution in [0.3, 0.4) is 0 Å². The Morgan fingerprint density at radius 1 is 1.43 bits per heavy atom. The van der Waals surface area contributed by atoms with Crippen LogP contribution < -0.4 is 0 Å². The van der Waals surface area contributed by atoms with Gasteiger partial charge >= 0.3 is 16.4 Å². The molecule has 0 unspecified atom stereocenters. The third kappa shape index (κ3) is 22.4. The minimum Gasteiger partial charge on any atom is -0.478 e. The highest BCUT2D eigenvalue weighted by Crippen LogP contribution is 1.94. The minimum absolute atomic E-state index is 0.370. The Hall–Kier alpha value is -1.18. The van der Waals surface area contributed by atoms with Crippen molar-refractivity contribution in [2.45, 2.75) is 13.3 Å². The van der Waals surface area contributed by atoms with E-state index in [9.17, 15) is 4.79 Å². The predicted molar refractivity (Wildman–Crippen MR) is 50.4 cm³/mol. The molecule has 0 aliphatic heterocycles. The minimum atomic E-state index is -4.67. The van der Waals surface area contributed by atoms with Gasteiger partial charge in [-0.25, -0.2) is 4.79 Å². The van der Waals surface area contributed by atoms with Gasteiger partial charge in [-0.05, 0) is 13.3 Å². The van der Waals surface area contributed by atoms with Crippen LogP contribution >= 0.6 is 0 Å². The van der Waals surface area contributed by atoms with Crippen LogP contribution in [0.5, 0.6) is 0 Å². The Kier molecular flexibility index (Phi) is 7.92. The van der Waals surface area contributed by atoms with E-state index in [0.29, 0.717) is 12.0 Å². The third-order valence-corrected chi connectivity index (χ3v) is 0.928. The van der Waals surface area contributed by atoms with E-state index in [1.807, 2.05) is 0 Å². The molecule has 6 nitrogen and oxygen atoms in total. The molecule has 0 aromatic heterocycles. The molecule has 14 heavy (non-hydrogen) atoms. The molecule has 0 bridgehead atoms. The van der Waals surface area contributed by atoms with E-state index in [-0.39, 0.29) is 0 Å². The highest BCUT2D eigenvalue weighted by atomic mass is 32.3. The molecule has 3 N–H and O–H groups in total. The largest absolute Gasteiger partial charge is 0.478 e. The number of carboxylic acid groups (broad SMARTS) is 1. The molecule has 0 saturated heterocycles. The van der Waals surface area contributed by atoms with E-state index in [0.717, 1.165) is 0 Å². The molecule has 0 spiro atoms. The summed E-state index contributed by atoms with van der Waals surface area (Å²) in [7, 11) is -4.67. The third-order valence-electron chi connectivity index (χ3n) is 0.928. The normalized spacial score (nSPS) is 11.2. The molecule has 0 heterocycles. The van der Waals surface area contributed by atoms with Gasteiger partial charge in [-0.15, -0.1) is 6.58 Å². The summed E-state index contributed by atoms with van der Waals surface area (Å²) in [4.78, 5) is 10.1. The molecule has 0 amide bonds. The lowest BCUT2D eigenvalue weighted by Gasteiger charge is -1.87. The summed E-state index contributed by atoms with van der Waals surface area (Å²) in [6.45, 7) is 5.02. The quantitative estimate of drug-likeness (QED) is 0.373. The van der Waals surface area contributed by atoms with E-state index in [2.05, 4.69) is 6.58 Å². The Bertz CT molecular complexity index is 305. The van der Waals surface area contributed by atoms with Crippen LogP contribution in [-0.2, 0) is 15.2 Å². The summed E-state index contributed by atoms with van der Waals surface area (Å²) < 4.78 is 31.6. The van der Waals surface area contributed by atoms with E-state index in [1.165, 1.54) is 0 Å². The van der Waals surface area contributed by atoms with Crippen molar-refractivity contribution in [3.05, 3.63) is 24.3 Å². The van der Waals surface area contributed by atoms with Crippen molar-refractivity contribution in [2.75, 3.05) is 0 Å². The van der Waals surface area contributed by atoms with Gasteiger partial charge in [0.1, 0.15) is 0 Å². The lowest BCUT2D eigenvalue weighted by Crippen LogP contribution is -1.94. The molecule has 0 saturated carbocycles. The average Bonchev–Trinajstić information content (AvgIpc) is 1.96. The number of rotatable bonds is 3. The van der Waals surface area contributed by atoms with Crippen molar-refractivity contribution < 1.29 is 27.4 Å². The Labute approximate surface area is 82.1 Å². The van der Waals surface area contributed by atoms with Crippen LogP contribution in [0.25, 0.3) is 0 Å². The van der Waals surface area contributed by atoms with E-state index in [1.54, 1.807) is 19.1 Å². The number of hydrogen-bond acceptors (Lipinski definition) is 3. The smallest absolute Gasteiger partial charge is 0.394 e. The molecule has 0 fully saturated rings. The Balaban J connectivity index is 0. The van der Waals surface area contributed by atoms with Gasteiger partial charge < -0.3 is 5.11 Å². The molecule has 82 valence electrons. The van der Waals surface area contributed by atoms with E-state index in [4.69, 9.17) is 22.6 Å². The summed E-state index contributed by atoms with van der Waals surface area (Å²) >= 11 is 0. The first kappa shape index (κ1) is 15.3. The predicted octanol–water partition coefficient (Wildman–Crippen LogP) is 0.941. The molecular formula is C7H12O6S. The second kappa shape index (κ2) is 7.25. The summed E-state index contributed by atoms with van der Waals surface area (Å²) in [6, 6.07) is 0. The van der Waals surface area contributed by atoms with Crippen LogP contribution in [0.4, 0.5) is 0 Å². The number of carboxylic acids is 1. The first-order valence-electron chi connectivity index (χ1n) is 3.39. The van der Waals surface area contributed by atoms with Crippen LogP contribution in [0.1, 0.15) is 13.3 Å². The summed E-state index contributed by atoms with van der Waals surface area (Å²) in [6.07, 6.45) is 3.90. The van der Waals surface area contributed by atoms with E-state index < -0.39 is 16.4 Å². The highest BCUT2D eigenvalue weighted by molar-refractivity contribution is 7.79. The topological polar surface area (TPSA) is 112 Å². The fourth-order valence-corrected chi connectivity index (χ4v) is 0.347. The van der Waals surface area contributed by atoms with Crippen LogP contribution in [0, 0.1) is 0 Å². The number of aliphatic carboxylic acids is 1. The second-order valence-corrected chi connectivity index (χ2v) is 3.06. The van der Waals surface area contributed by atoms with Gasteiger partial charge in [0.2, 0.25) is 0 Å². The molecule has 0 radical (unpaired) electrons. The Morgan fingerprint density at radius 3 is 2.00 bits per heavy atom. The molecule has 0 aromatic carbocycles. The first-order chi connectivity index (χ1) is 6.18. The molecule has 0 aliphatic carbocycles. The summed E-state index contributed by atoms with van der Waals surface area (Å²) in [5, 5.41) is 8.31. The van der Waals surface area contributed by atoms with Crippen LogP contribution in [0.15, 0.2) is 24.3 Å². The average molecular weight is 224 g/mol. The van der Waals surface area contributed by atoms with Crippen molar-refractivity contribution in [3.8, 4) is 0 Å². The Morgan fingerprint density at radius 2 is 1.79 bits per heavy atom. The monoisotopic (exact) mass is 224 g/mol. The van der Waals surface area contributed by atoms with Gasteiger partial charge in [-0.2, -0.15) is 8.42 Å². The fourth-order valence-electron chi connectivity index (χ4n) is 0.347. The van der Waals surface area contributed by atoms with Gasteiger partial charge in [-0.1, -0.05) is 12.2 Å².